The zero-order valence-electron chi connectivity index (χ0n) is 13.5. The number of halogens is 3. The monoisotopic (exact) mass is 366 g/mol. The van der Waals surface area contributed by atoms with Crippen LogP contribution in [0, 0.1) is 0 Å². The van der Waals surface area contributed by atoms with Gasteiger partial charge in [0.25, 0.3) is 5.76 Å². The molecule has 0 radical (unpaired) electrons. The van der Waals surface area contributed by atoms with E-state index in [-0.39, 0.29) is 22.5 Å². The van der Waals surface area contributed by atoms with Gasteiger partial charge in [-0.3, -0.25) is 4.79 Å². The molecule has 3 rings (SSSR count). The lowest BCUT2D eigenvalue weighted by molar-refractivity contribution is -0.154. The number of alkyl halides is 3. The number of hydrogen-bond acceptors (Lipinski definition) is 5. The molecule has 1 N–H and O–H groups in total. The van der Waals surface area contributed by atoms with E-state index in [0.29, 0.717) is 12.4 Å². The van der Waals surface area contributed by atoms with Crippen LogP contribution in [-0.2, 0) is 6.18 Å². The highest BCUT2D eigenvalue weighted by molar-refractivity contribution is 5.79. The lowest BCUT2D eigenvalue weighted by atomic mass is 10.2. The van der Waals surface area contributed by atoms with Crippen LogP contribution in [0.5, 0.6) is 23.0 Å². The average molecular weight is 366 g/mol. The normalized spacial score (nSPS) is 11.5. The van der Waals surface area contributed by atoms with Gasteiger partial charge < -0.3 is 19.0 Å². The number of aromatic hydroxyl groups is 1. The molecule has 26 heavy (non-hydrogen) atoms. The maximum atomic E-state index is 13.3. The lowest BCUT2D eigenvalue weighted by Crippen LogP contribution is -2.15. The minimum absolute atomic E-state index is 0.0179. The Morgan fingerprint density at radius 1 is 1.08 bits per heavy atom. The Labute approximate surface area is 145 Å². The van der Waals surface area contributed by atoms with E-state index in [1.165, 1.54) is 36.4 Å². The molecule has 0 bridgehead atoms. The van der Waals surface area contributed by atoms with E-state index < -0.39 is 23.1 Å². The molecule has 2 aromatic carbocycles. The second kappa shape index (κ2) is 6.62. The zero-order chi connectivity index (χ0) is 18.9. The van der Waals surface area contributed by atoms with Crippen LogP contribution in [0.4, 0.5) is 13.2 Å². The molecule has 0 aliphatic heterocycles. The number of ether oxygens (including phenoxy) is 2. The summed E-state index contributed by atoms with van der Waals surface area (Å²) in [6.07, 6.45) is -4.96. The first-order chi connectivity index (χ1) is 12.3. The molecule has 0 fully saturated rings. The Morgan fingerprint density at radius 2 is 1.73 bits per heavy atom. The van der Waals surface area contributed by atoms with Gasteiger partial charge in [0.2, 0.25) is 11.2 Å². The van der Waals surface area contributed by atoms with Gasteiger partial charge in [0.15, 0.2) is 0 Å². The van der Waals surface area contributed by atoms with Crippen molar-refractivity contribution in [2.75, 3.05) is 6.61 Å². The first kappa shape index (κ1) is 17.7. The Balaban J connectivity index is 2.12. The number of phenolic OH excluding ortho intramolecular Hbond substituents is 1. The largest absolute Gasteiger partial charge is 0.508 e. The van der Waals surface area contributed by atoms with E-state index in [9.17, 15) is 23.1 Å². The summed E-state index contributed by atoms with van der Waals surface area (Å²) in [5.41, 5.74) is -1.38. The zero-order valence-corrected chi connectivity index (χ0v) is 13.5. The van der Waals surface area contributed by atoms with Crippen molar-refractivity contribution < 1.29 is 32.2 Å². The summed E-state index contributed by atoms with van der Waals surface area (Å²) in [5.74, 6) is -2.34. The van der Waals surface area contributed by atoms with Crippen molar-refractivity contribution in [2.45, 2.75) is 13.1 Å². The standard InChI is InChI=1S/C18H13F3O5/c1-2-24-11-4-6-12(7-5-11)25-16-15(23)13-8-3-10(22)9-14(13)26-17(16)18(19,20)21/h3-9,22H,2H2,1H3. The molecular weight excluding hydrogens is 353 g/mol. The SMILES string of the molecule is CCOc1ccc(Oc2c(C(F)(F)F)oc3cc(O)ccc3c2=O)cc1. The van der Waals surface area contributed by atoms with E-state index >= 15 is 0 Å². The first-order valence-electron chi connectivity index (χ1n) is 7.57. The molecule has 0 saturated heterocycles. The van der Waals surface area contributed by atoms with Crippen molar-refractivity contribution in [2.24, 2.45) is 0 Å². The number of hydrogen-bond donors (Lipinski definition) is 1. The highest BCUT2D eigenvalue weighted by Gasteiger charge is 2.40. The Hall–Kier alpha value is -3.16. The van der Waals surface area contributed by atoms with E-state index in [2.05, 4.69) is 0 Å². The molecule has 8 heteroatoms. The maximum Gasteiger partial charge on any atom is 0.453 e. The van der Waals surface area contributed by atoms with Crippen molar-refractivity contribution in [3.63, 3.8) is 0 Å². The Kier molecular flexibility index (Phi) is 4.50. The molecule has 0 atom stereocenters. The van der Waals surface area contributed by atoms with Gasteiger partial charge in [0, 0.05) is 6.07 Å². The highest BCUT2D eigenvalue weighted by atomic mass is 19.4. The molecule has 0 amide bonds. The summed E-state index contributed by atoms with van der Waals surface area (Å²) in [5, 5.41) is 9.26. The summed E-state index contributed by atoms with van der Waals surface area (Å²) in [7, 11) is 0. The topological polar surface area (TPSA) is 68.9 Å². The maximum absolute atomic E-state index is 13.3. The second-order valence-corrected chi connectivity index (χ2v) is 5.27. The Morgan fingerprint density at radius 3 is 2.35 bits per heavy atom. The highest BCUT2D eigenvalue weighted by Crippen LogP contribution is 2.38. The van der Waals surface area contributed by atoms with Gasteiger partial charge in [-0.1, -0.05) is 0 Å². The van der Waals surface area contributed by atoms with E-state index in [4.69, 9.17) is 13.9 Å². The number of rotatable bonds is 4. The predicted octanol–water partition coefficient (Wildman–Crippen LogP) is 4.71. The molecule has 3 aromatic rings. The second-order valence-electron chi connectivity index (χ2n) is 5.27. The van der Waals surface area contributed by atoms with Crippen LogP contribution < -0.4 is 14.9 Å². The molecule has 0 saturated carbocycles. The van der Waals surface area contributed by atoms with Gasteiger partial charge in [0.1, 0.15) is 22.8 Å². The first-order valence-corrected chi connectivity index (χ1v) is 7.57. The van der Waals surface area contributed by atoms with Crippen LogP contribution in [0.15, 0.2) is 51.7 Å². The van der Waals surface area contributed by atoms with Crippen molar-refractivity contribution in [1.82, 2.24) is 0 Å². The van der Waals surface area contributed by atoms with Crippen LogP contribution in [-0.4, -0.2) is 11.7 Å². The lowest BCUT2D eigenvalue weighted by Gasteiger charge is -2.13. The van der Waals surface area contributed by atoms with Gasteiger partial charge in [0.05, 0.1) is 12.0 Å². The molecule has 0 aliphatic rings. The van der Waals surface area contributed by atoms with Crippen molar-refractivity contribution >= 4 is 11.0 Å². The number of fused-ring (bicyclic) bond motifs is 1. The molecule has 0 unspecified atom stereocenters. The molecule has 5 nitrogen and oxygen atoms in total. The third-order valence-electron chi connectivity index (χ3n) is 3.45. The summed E-state index contributed by atoms with van der Waals surface area (Å²) in [4.78, 5) is 12.5. The molecular formula is C18H13F3O5. The fourth-order valence-electron chi connectivity index (χ4n) is 2.33. The third-order valence-corrected chi connectivity index (χ3v) is 3.45. The average Bonchev–Trinajstić information content (AvgIpc) is 2.58. The minimum Gasteiger partial charge on any atom is -0.508 e. The smallest absolute Gasteiger partial charge is 0.453 e. The quantitative estimate of drug-likeness (QED) is 0.724. The van der Waals surface area contributed by atoms with Gasteiger partial charge >= 0.3 is 6.18 Å². The van der Waals surface area contributed by atoms with Crippen molar-refractivity contribution in [3.05, 3.63) is 58.4 Å². The summed E-state index contributed by atoms with van der Waals surface area (Å²) in [6.45, 7) is 2.22. The van der Waals surface area contributed by atoms with Gasteiger partial charge in [-0.05, 0) is 43.3 Å². The van der Waals surface area contributed by atoms with Gasteiger partial charge in [-0.15, -0.1) is 0 Å². The van der Waals surface area contributed by atoms with Crippen LogP contribution in [0.2, 0.25) is 0 Å². The molecule has 1 aromatic heterocycles. The van der Waals surface area contributed by atoms with E-state index in [1.54, 1.807) is 6.92 Å². The van der Waals surface area contributed by atoms with Gasteiger partial charge in [-0.25, -0.2) is 0 Å². The van der Waals surface area contributed by atoms with Crippen LogP contribution in [0.25, 0.3) is 11.0 Å². The van der Waals surface area contributed by atoms with Gasteiger partial charge in [-0.2, -0.15) is 13.2 Å². The van der Waals surface area contributed by atoms with Crippen molar-refractivity contribution in [1.29, 1.82) is 0 Å². The fourth-order valence-corrected chi connectivity index (χ4v) is 2.33. The molecule has 0 spiro atoms. The predicted molar refractivity (Wildman–Crippen MR) is 86.8 cm³/mol. The summed E-state index contributed by atoms with van der Waals surface area (Å²) < 4.78 is 55.2. The fraction of sp³-hybridized carbons (Fsp3) is 0.167. The third kappa shape index (κ3) is 3.44. The van der Waals surface area contributed by atoms with Crippen LogP contribution >= 0.6 is 0 Å². The summed E-state index contributed by atoms with van der Waals surface area (Å²) >= 11 is 0. The van der Waals surface area contributed by atoms with Crippen molar-refractivity contribution in [3.8, 4) is 23.0 Å². The molecule has 0 aliphatic carbocycles. The van der Waals surface area contributed by atoms with E-state index in [1.807, 2.05) is 0 Å². The van der Waals surface area contributed by atoms with Crippen LogP contribution in [0.1, 0.15) is 12.7 Å². The van der Waals surface area contributed by atoms with E-state index in [0.717, 1.165) is 6.07 Å². The summed E-state index contributed by atoms with van der Waals surface area (Å²) in [6, 6.07) is 9.05. The minimum atomic E-state index is -4.96. The van der Waals surface area contributed by atoms with Crippen LogP contribution in [0.3, 0.4) is 0 Å². The molecule has 1 heterocycles. The number of benzene rings is 2. The number of phenols is 1. The Bertz CT molecular complexity index is 991. The molecule has 136 valence electrons.